The molecular weight excluding hydrogens is 166 g/mol. The Morgan fingerprint density at radius 2 is 1.85 bits per heavy atom. The molecule has 0 saturated heterocycles. The van der Waals surface area contributed by atoms with E-state index in [1.54, 1.807) is 0 Å². The summed E-state index contributed by atoms with van der Waals surface area (Å²) in [7, 11) is 0. The molecule has 13 heavy (non-hydrogen) atoms. The van der Waals surface area contributed by atoms with Crippen molar-refractivity contribution in [3.05, 3.63) is 11.6 Å². The summed E-state index contributed by atoms with van der Waals surface area (Å²) >= 11 is 0. The normalized spacial score (nSPS) is 15.9. The minimum Gasteiger partial charge on any atom is -0.293 e. The second-order valence-electron chi connectivity index (χ2n) is 2.96. The maximum atomic E-state index is 10.8. The summed E-state index contributed by atoms with van der Waals surface area (Å²) in [5.74, 6) is -0.198. The molecular formula is C10H17NO2. The number of carbonyl (C=O) groups excluding carboxylic acids is 2. The molecule has 0 radical (unpaired) electrons. The van der Waals surface area contributed by atoms with Crippen LogP contribution in [0.2, 0.25) is 0 Å². The SMILES string of the molecule is CC.CC(C)C1=CC(=O)NC(=O)C1. The van der Waals surface area contributed by atoms with Crippen molar-refractivity contribution < 1.29 is 9.59 Å². The Balaban J connectivity index is 0.000000671. The van der Waals surface area contributed by atoms with Gasteiger partial charge in [0, 0.05) is 12.5 Å². The van der Waals surface area contributed by atoms with Crippen molar-refractivity contribution in [2.24, 2.45) is 5.92 Å². The van der Waals surface area contributed by atoms with Crippen LogP contribution in [-0.4, -0.2) is 11.8 Å². The van der Waals surface area contributed by atoms with Gasteiger partial charge in [-0.1, -0.05) is 33.3 Å². The molecule has 2 amide bonds. The van der Waals surface area contributed by atoms with Gasteiger partial charge in [0.15, 0.2) is 0 Å². The van der Waals surface area contributed by atoms with Crippen LogP contribution in [0, 0.1) is 5.92 Å². The molecule has 0 fully saturated rings. The summed E-state index contributed by atoms with van der Waals surface area (Å²) < 4.78 is 0. The number of hydrogen-bond donors (Lipinski definition) is 1. The van der Waals surface area contributed by atoms with Crippen LogP contribution in [0.5, 0.6) is 0 Å². The summed E-state index contributed by atoms with van der Waals surface area (Å²) in [6.07, 6.45) is 1.87. The van der Waals surface area contributed by atoms with Crippen LogP contribution in [-0.2, 0) is 9.59 Å². The van der Waals surface area contributed by atoms with Gasteiger partial charge >= 0.3 is 0 Å². The molecule has 0 atom stereocenters. The van der Waals surface area contributed by atoms with E-state index in [-0.39, 0.29) is 17.7 Å². The van der Waals surface area contributed by atoms with Crippen molar-refractivity contribution in [3.63, 3.8) is 0 Å². The summed E-state index contributed by atoms with van der Waals surface area (Å²) in [5.41, 5.74) is 0.916. The summed E-state index contributed by atoms with van der Waals surface area (Å²) in [5, 5.41) is 2.21. The van der Waals surface area contributed by atoms with Crippen molar-refractivity contribution in [1.29, 1.82) is 0 Å². The third-order valence-corrected chi connectivity index (χ3v) is 1.69. The molecule has 3 heteroatoms. The van der Waals surface area contributed by atoms with Crippen LogP contribution in [0.15, 0.2) is 11.6 Å². The van der Waals surface area contributed by atoms with Crippen molar-refractivity contribution in [3.8, 4) is 0 Å². The summed E-state index contributed by atoms with van der Waals surface area (Å²) in [6.45, 7) is 7.94. The van der Waals surface area contributed by atoms with E-state index >= 15 is 0 Å². The minimum atomic E-state index is -0.287. The zero-order valence-electron chi connectivity index (χ0n) is 8.68. The Bertz CT molecular complexity index is 229. The monoisotopic (exact) mass is 183 g/mol. The molecule has 0 saturated carbocycles. The van der Waals surface area contributed by atoms with Gasteiger partial charge < -0.3 is 0 Å². The lowest BCUT2D eigenvalue weighted by Gasteiger charge is -2.14. The highest BCUT2D eigenvalue weighted by molar-refractivity contribution is 6.05. The molecule has 1 N–H and O–H groups in total. The van der Waals surface area contributed by atoms with Crippen molar-refractivity contribution in [1.82, 2.24) is 5.32 Å². The molecule has 1 aliphatic rings. The van der Waals surface area contributed by atoms with Gasteiger partial charge in [-0.3, -0.25) is 14.9 Å². The van der Waals surface area contributed by atoms with Crippen LogP contribution in [0.1, 0.15) is 34.1 Å². The molecule has 0 aromatic rings. The highest BCUT2D eigenvalue weighted by Crippen LogP contribution is 2.15. The number of rotatable bonds is 1. The fraction of sp³-hybridized carbons (Fsp3) is 0.600. The van der Waals surface area contributed by atoms with Crippen molar-refractivity contribution in [2.75, 3.05) is 0 Å². The molecule has 0 aromatic heterocycles. The van der Waals surface area contributed by atoms with E-state index in [1.807, 2.05) is 27.7 Å². The van der Waals surface area contributed by atoms with E-state index in [2.05, 4.69) is 5.32 Å². The Kier molecular flexibility index (Phi) is 5.04. The zero-order valence-corrected chi connectivity index (χ0v) is 8.68. The first-order valence-corrected chi connectivity index (χ1v) is 4.64. The average Bonchev–Trinajstić information content (AvgIpc) is 2.06. The van der Waals surface area contributed by atoms with E-state index in [4.69, 9.17) is 0 Å². The van der Waals surface area contributed by atoms with Crippen LogP contribution < -0.4 is 5.32 Å². The Morgan fingerprint density at radius 1 is 1.31 bits per heavy atom. The molecule has 0 aliphatic carbocycles. The van der Waals surface area contributed by atoms with Crippen LogP contribution in [0.3, 0.4) is 0 Å². The molecule has 0 spiro atoms. The van der Waals surface area contributed by atoms with E-state index in [0.29, 0.717) is 6.42 Å². The molecule has 1 heterocycles. The predicted molar refractivity (Wildman–Crippen MR) is 52.0 cm³/mol. The lowest BCUT2D eigenvalue weighted by molar-refractivity contribution is -0.128. The quantitative estimate of drug-likeness (QED) is 0.628. The molecule has 1 aliphatic heterocycles. The summed E-state index contributed by atoms with van der Waals surface area (Å²) in [4.78, 5) is 21.6. The Labute approximate surface area is 79.2 Å². The predicted octanol–water partition coefficient (Wildman–Crippen LogP) is 1.64. The first-order chi connectivity index (χ1) is 6.09. The first kappa shape index (κ1) is 11.9. The van der Waals surface area contributed by atoms with Gasteiger partial charge in [0.1, 0.15) is 0 Å². The first-order valence-electron chi connectivity index (χ1n) is 4.64. The third kappa shape index (κ3) is 3.87. The van der Waals surface area contributed by atoms with Gasteiger partial charge in [-0.05, 0) is 5.92 Å². The van der Waals surface area contributed by atoms with Crippen LogP contribution in [0.25, 0.3) is 0 Å². The fourth-order valence-electron chi connectivity index (χ4n) is 0.993. The molecule has 3 nitrogen and oxygen atoms in total. The second kappa shape index (κ2) is 5.51. The number of imide groups is 1. The maximum absolute atomic E-state index is 10.8. The maximum Gasteiger partial charge on any atom is 0.250 e. The average molecular weight is 183 g/mol. The largest absolute Gasteiger partial charge is 0.293 e. The third-order valence-electron chi connectivity index (χ3n) is 1.69. The minimum absolute atomic E-state index is 0.193. The number of amides is 2. The van der Waals surface area contributed by atoms with E-state index < -0.39 is 0 Å². The highest BCUT2D eigenvalue weighted by Gasteiger charge is 2.17. The highest BCUT2D eigenvalue weighted by atomic mass is 16.2. The van der Waals surface area contributed by atoms with Crippen LogP contribution in [0.4, 0.5) is 0 Å². The van der Waals surface area contributed by atoms with Gasteiger partial charge in [-0.15, -0.1) is 0 Å². The van der Waals surface area contributed by atoms with Gasteiger partial charge in [0.25, 0.3) is 5.91 Å². The Hall–Kier alpha value is -1.12. The molecule has 74 valence electrons. The lowest BCUT2D eigenvalue weighted by atomic mass is 9.97. The van der Waals surface area contributed by atoms with Gasteiger partial charge in [-0.2, -0.15) is 0 Å². The van der Waals surface area contributed by atoms with Gasteiger partial charge in [0.05, 0.1) is 0 Å². The number of nitrogens with one attached hydrogen (secondary N) is 1. The number of hydrogen-bond acceptors (Lipinski definition) is 2. The van der Waals surface area contributed by atoms with E-state index in [0.717, 1.165) is 5.57 Å². The topological polar surface area (TPSA) is 46.2 Å². The number of carbonyl (C=O) groups is 2. The van der Waals surface area contributed by atoms with Gasteiger partial charge in [0.2, 0.25) is 5.91 Å². The van der Waals surface area contributed by atoms with Crippen molar-refractivity contribution >= 4 is 11.8 Å². The molecule has 0 unspecified atom stereocenters. The van der Waals surface area contributed by atoms with E-state index in [9.17, 15) is 9.59 Å². The van der Waals surface area contributed by atoms with E-state index in [1.165, 1.54) is 6.08 Å². The fourth-order valence-corrected chi connectivity index (χ4v) is 0.993. The second-order valence-corrected chi connectivity index (χ2v) is 2.96. The molecule has 0 aromatic carbocycles. The van der Waals surface area contributed by atoms with Gasteiger partial charge in [-0.25, -0.2) is 0 Å². The summed E-state index contributed by atoms with van der Waals surface area (Å²) in [6, 6.07) is 0. The zero-order chi connectivity index (χ0) is 10.4. The van der Waals surface area contributed by atoms with Crippen LogP contribution >= 0.6 is 0 Å². The van der Waals surface area contributed by atoms with Crippen molar-refractivity contribution in [2.45, 2.75) is 34.1 Å². The smallest absolute Gasteiger partial charge is 0.250 e. The lowest BCUT2D eigenvalue weighted by Crippen LogP contribution is -2.33. The standard InChI is InChI=1S/C8H11NO2.C2H6/c1-5(2)6-3-7(10)9-8(11)4-6;1-2/h3,5H,4H2,1-2H3,(H,9,10,11);1-2H3. The Morgan fingerprint density at radius 3 is 2.23 bits per heavy atom. The molecule has 0 bridgehead atoms. The molecule has 1 rings (SSSR count).